The quantitative estimate of drug-likeness (QED) is 0.808. The standard InChI is InChI=1S/C16H16Cl2FN/c1-10(2)20-9-11-7-12(17)3-5-14(11)15-8-13(19)4-6-16(15)18/h3-8,10,20H,9H2,1-2H3. The molecule has 106 valence electrons. The Morgan fingerprint density at radius 1 is 1.05 bits per heavy atom. The van der Waals surface area contributed by atoms with E-state index in [0.29, 0.717) is 28.2 Å². The molecule has 0 fully saturated rings. The Kier molecular flexibility index (Phi) is 5.03. The molecule has 20 heavy (non-hydrogen) atoms. The number of halogens is 3. The van der Waals surface area contributed by atoms with E-state index in [4.69, 9.17) is 23.2 Å². The lowest BCUT2D eigenvalue weighted by Gasteiger charge is -2.14. The Morgan fingerprint density at radius 2 is 1.80 bits per heavy atom. The maximum absolute atomic E-state index is 13.5. The van der Waals surface area contributed by atoms with Gasteiger partial charge in [-0.25, -0.2) is 4.39 Å². The summed E-state index contributed by atoms with van der Waals surface area (Å²) in [4.78, 5) is 0. The molecule has 4 heteroatoms. The smallest absolute Gasteiger partial charge is 0.123 e. The van der Waals surface area contributed by atoms with E-state index in [1.165, 1.54) is 12.1 Å². The molecule has 0 aliphatic heterocycles. The van der Waals surface area contributed by atoms with E-state index in [0.717, 1.165) is 11.1 Å². The summed E-state index contributed by atoms with van der Waals surface area (Å²) in [7, 11) is 0. The van der Waals surface area contributed by atoms with Gasteiger partial charge in [0.05, 0.1) is 0 Å². The van der Waals surface area contributed by atoms with Crippen molar-refractivity contribution in [3.8, 4) is 11.1 Å². The monoisotopic (exact) mass is 311 g/mol. The predicted octanol–water partition coefficient (Wildman–Crippen LogP) is 5.30. The van der Waals surface area contributed by atoms with E-state index in [2.05, 4.69) is 19.2 Å². The molecule has 1 nitrogen and oxygen atoms in total. The maximum atomic E-state index is 13.5. The van der Waals surface area contributed by atoms with Gasteiger partial charge in [0, 0.05) is 28.2 Å². The van der Waals surface area contributed by atoms with Crippen LogP contribution in [0.25, 0.3) is 11.1 Å². The highest BCUT2D eigenvalue weighted by Crippen LogP contribution is 2.32. The molecule has 0 aliphatic rings. The average molecular weight is 312 g/mol. The van der Waals surface area contributed by atoms with E-state index in [1.54, 1.807) is 12.1 Å². The van der Waals surface area contributed by atoms with Gasteiger partial charge in [0.1, 0.15) is 5.82 Å². The molecule has 0 heterocycles. The van der Waals surface area contributed by atoms with E-state index in [-0.39, 0.29) is 5.82 Å². The Bertz CT molecular complexity index is 611. The summed E-state index contributed by atoms with van der Waals surface area (Å²) in [6.07, 6.45) is 0. The molecule has 2 aromatic rings. The molecule has 1 N–H and O–H groups in total. The Labute approximate surface area is 128 Å². The summed E-state index contributed by atoms with van der Waals surface area (Å²) < 4.78 is 13.5. The average Bonchev–Trinajstić information content (AvgIpc) is 2.39. The SMILES string of the molecule is CC(C)NCc1cc(Cl)ccc1-c1cc(F)ccc1Cl. The van der Waals surface area contributed by atoms with Crippen LogP contribution in [0.5, 0.6) is 0 Å². The van der Waals surface area contributed by atoms with Crippen molar-refractivity contribution in [3.05, 3.63) is 57.8 Å². The lowest BCUT2D eigenvalue weighted by molar-refractivity contribution is 0.589. The van der Waals surface area contributed by atoms with Gasteiger partial charge < -0.3 is 5.32 Å². The van der Waals surface area contributed by atoms with Gasteiger partial charge >= 0.3 is 0 Å². The summed E-state index contributed by atoms with van der Waals surface area (Å²) in [5, 5.41) is 4.52. The molecule has 0 radical (unpaired) electrons. The second-order valence-electron chi connectivity index (χ2n) is 4.96. The highest BCUT2D eigenvalue weighted by Gasteiger charge is 2.11. The Balaban J connectivity index is 2.47. The first-order chi connectivity index (χ1) is 9.47. The van der Waals surface area contributed by atoms with E-state index in [1.807, 2.05) is 12.1 Å². The third kappa shape index (κ3) is 3.72. The van der Waals surface area contributed by atoms with E-state index >= 15 is 0 Å². The van der Waals surface area contributed by atoms with Crippen LogP contribution in [0.15, 0.2) is 36.4 Å². The number of hydrogen-bond acceptors (Lipinski definition) is 1. The van der Waals surface area contributed by atoms with Crippen LogP contribution in [-0.4, -0.2) is 6.04 Å². The van der Waals surface area contributed by atoms with Gasteiger partial charge in [0.15, 0.2) is 0 Å². The van der Waals surface area contributed by atoms with Crippen LogP contribution in [0.2, 0.25) is 10.0 Å². The molecule has 0 aromatic heterocycles. The number of benzene rings is 2. The summed E-state index contributed by atoms with van der Waals surface area (Å²) in [6, 6.07) is 10.3. The van der Waals surface area contributed by atoms with Crippen LogP contribution in [0, 0.1) is 5.82 Å². The van der Waals surface area contributed by atoms with E-state index < -0.39 is 0 Å². The van der Waals surface area contributed by atoms with Crippen molar-refractivity contribution in [2.75, 3.05) is 0 Å². The fourth-order valence-corrected chi connectivity index (χ4v) is 2.40. The van der Waals surface area contributed by atoms with Crippen molar-refractivity contribution in [1.82, 2.24) is 5.32 Å². The third-order valence-electron chi connectivity index (χ3n) is 2.99. The van der Waals surface area contributed by atoms with Crippen LogP contribution >= 0.6 is 23.2 Å². The fraction of sp³-hybridized carbons (Fsp3) is 0.250. The molecule has 0 atom stereocenters. The molecule has 0 amide bonds. The third-order valence-corrected chi connectivity index (χ3v) is 3.55. The van der Waals surface area contributed by atoms with Gasteiger partial charge in [0.25, 0.3) is 0 Å². The Morgan fingerprint density at radius 3 is 2.50 bits per heavy atom. The molecular weight excluding hydrogens is 296 g/mol. The molecule has 0 saturated carbocycles. The normalized spacial score (nSPS) is 11.1. The Hall–Kier alpha value is -1.09. The number of hydrogen-bond donors (Lipinski definition) is 1. The summed E-state index contributed by atoms with van der Waals surface area (Å²) in [5.74, 6) is -0.304. The van der Waals surface area contributed by atoms with Crippen molar-refractivity contribution >= 4 is 23.2 Å². The van der Waals surface area contributed by atoms with Crippen LogP contribution in [0.4, 0.5) is 4.39 Å². The predicted molar refractivity (Wildman–Crippen MR) is 83.8 cm³/mol. The first-order valence-electron chi connectivity index (χ1n) is 6.44. The second-order valence-corrected chi connectivity index (χ2v) is 5.80. The van der Waals surface area contributed by atoms with Crippen molar-refractivity contribution < 1.29 is 4.39 Å². The summed E-state index contributed by atoms with van der Waals surface area (Å²) in [5.41, 5.74) is 2.58. The van der Waals surface area contributed by atoms with Gasteiger partial charge in [-0.1, -0.05) is 43.1 Å². The molecule has 0 spiro atoms. The van der Waals surface area contributed by atoms with Crippen LogP contribution in [0.1, 0.15) is 19.4 Å². The zero-order chi connectivity index (χ0) is 14.7. The van der Waals surface area contributed by atoms with Gasteiger partial charge in [-0.3, -0.25) is 0 Å². The van der Waals surface area contributed by atoms with Crippen LogP contribution in [0.3, 0.4) is 0 Å². The first-order valence-corrected chi connectivity index (χ1v) is 7.20. The largest absolute Gasteiger partial charge is 0.310 e. The highest BCUT2D eigenvalue weighted by molar-refractivity contribution is 6.33. The highest BCUT2D eigenvalue weighted by atomic mass is 35.5. The van der Waals surface area contributed by atoms with Gasteiger partial charge in [-0.05, 0) is 41.5 Å². The molecule has 2 rings (SSSR count). The number of rotatable bonds is 4. The van der Waals surface area contributed by atoms with Crippen LogP contribution < -0.4 is 5.32 Å². The van der Waals surface area contributed by atoms with Gasteiger partial charge in [-0.2, -0.15) is 0 Å². The molecule has 0 aliphatic carbocycles. The van der Waals surface area contributed by atoms with Gasteiger partial charge in [-0.15, -0.1) is 0 Å². The molecule has 0 unspecified atom stereocenters. The fourth-order valence-electron chi connectivity index (χ4n) is 1.99. The summed E-state index contributed by atoms with van der Waals surface area (Å²) in [6.45, 7) is 4.79. The zero-order valence-electron chi connectivity index (χ0n) is 11.4. The van der Waals surface area contributed by atoms with Crippen molar-refractivity contribution in [3.63, 3.8) is 0 Å². The maximum Gasteiger partial charge on any atom is 0.123 e. The van der Waals surface area contributed by atoms with Gasteiger partial charge in [0.2, 0.25) is 0 Å². The van der Waals surface area contributed by atoms with Crippen molar-refractivity contribution in [1.29, 1.82) is 0 Å². The lowest BCUT2D eigenvalue weighted by Crippen LogP contribution is -2.22. The topological polar surface area (TPSA) is 12.0 Å². The second kappa shape index (κ2) is 6.57. The van der Waals surface area contributed by atoms with E-state index in [9.17, 15) is 4.39 Å². The minimum atomic E-state index is -0.304. The minimum Gasteiger partial charge on any atom is -0.310 e. The zero-order valence-corrected chi connectivity index (χ0v) is 12.9. The minimum absolute atomic E-state index is 0.304. The number of nitrogens with one attached hydrogen (secondary N) is 1. The first kappa shape index (κ1) is 15.3. The molecule has 2 aromatic carbocycles. The van der Waals surface area contributed by atoms with Crippen molar-refractivity contribution in [2.24, 2.45) is 0 Å². The molecule has 0 saturated heterocycles. The summed E-state index contributed by atoms with van der Waals surface area (Å²) >= 11 is 12.2. The van der Waals surface area contributed by atoms with Crippen molar-refractivity contribution in [2.45, 2.75) is 26.4 Å². The lowest BCUT2D eigenvalue weighted by atomic mass is 9.99. The molecule has 0 bridgehead atoms. The molecular formula is C16H16Cl2FN. The van der Waals surface area contributed by atoms with Crippen LogP contribution in [-0.2, 0) is 6.54 Å².